The van der Waals surface area contributed by atoms with Crippen LogP contribution < -0.4 is 10.1 Å². The van der Waals surface area contributed by atoms with Crippen LogP contribution in [0.1, 0.15) is 45.4 Å². The van der Waals surface area contributed by atoms with Crippen LogP contribution in [0.2, 0.25) is 5.02 Å². The van der Waals surface area contributed by atoms with Crippen LogP contribution in [-0.2, 0) is 14.3 Å². The molecular weight excluding hydrogens is 378 g/mol. The molecule has 0 aliphatic heterocycles. The summed E-state index contributed by atoms with van der Waals surface area (Å²) in [6, 6.07) is 6.84. The van der Waals surface area contributed by atoms with E-state index in [-0.39, 0.29) is 30.6 Å². The SMILES string of the molecule is C[C@@H](NC(=O)COC(=O)COc1ccc(Cl)cc1)C12CC3CC(CC(C3)C1)C2. The topological polar surface area (TPSA) is 64.6 Å². The molecule has 0 saturated heterocycles. The monoisotopic (exact) mass is 405 g/mol. The highest BCUT2D eigenvalue weighted by atomic mass is 35.5. The minimum absolute atomic E-state index is 0.123. The Morgan fingerprint density at radius 1 is 1.07 bits per heavy atom. The lowest BCUT2D eigenvalue weighted by atomic mass is 9.48. The van der Waals surface area contributed by atoms with Gasteiger partial charge in [0.25, 0.3) is 5.91 Å². The third-order valence-electron chi connectivity index (χ3n) is 6.92. The zero-order chi connectivity index (χ0) is 19.7. The maximum Gasteiger partial charge on any atom is 0.344 e. The highest BCUT2D eigenvalue weighted by Crippen LogP contribution is 2.61. The molecule has 0 spiro atoms. The van der Waals surface area contributed by atoms with Gasteiger partial charge in [-0.1, -0.05) is 11.6 Å². The first kappa shape index (κ1) is 19.6. The van der Waals surface area contributed by atoms with Crippen LogP contribution in [0.5, 0.6) is 5.75 Å². The second kappa shape index (κ2) is 7.94. The van der Waals surface area contributed by atoms with E-state index in [0.717, 1.165) is 17.8 Å². The van der Waals surface area contributed by atoms with Crippen LogP contribution in [0.3, 0.4) is 0 Å². The highest BCUT2D eigenvalue weighted by Gasteiger charge is 2.53. The van der Waals surface area contributed by atoms with Gasteiger partial charge in [-0.2, -0.15) is 0 Å². The first-order valence-electron chi connectivity index (χ1n) is 10.3. The maximum absolute atomic E-state index is 12.3. The Morgan fingerprint density at radius 3 is 2.21 bits per heavy atom. The number of hydrogen-bond acceptors (Lipinski definition) is 4. The van der Waals surface area contributed by atoms with E-state index in [4.69, 9.17) is 21.1 Å². The Hall–Kier alpha value is -1.75. The Bertz CT molecular complexity index is 697. The molecule has 0 heterocycles. The molecule has 4 aliphatic rings. The van der Waals surface area contributed by atoms with Gasteiger partial charge in [0.15, 0.2) is 13.2 Å². The molecule has 1 aromatic carbocycles. The Kier molecular flexibility index (Phi) is 5.55. The fraction of sp³-hybridized carbons (Fsp3) is 0.636. The van der Waals surface area contributed by atoms with Gasteiger partial charge >= 0.3 is 5.97 Å². The quantitative estimate of drug-likeness (QED) is 0.697. The van der Waals surface area contributed by atoms with Crippen molar-refractivity contribution >= 4 is 23.5 Å². The standard InChI is InChI=1S/C22H28ClNO4/c1-14(22-9-15-6-16(10-22)8-17(7-15)11-22)24-20(25)12-28-21(26)13-27-19-4-2-18(23)3-5-19/h2-5,14-17H,6-13H2,1H3,(H,24,25)/t14-,15?,16?,17?,22?/m1/s1. The Balaban J connectivity index is 1.21. The Morgan fingerprint density at radius 2 is 1.64 bits per heavy atom. The number of halogens is 1. The molecule has 0 unspecified atom stereocenters. The highest BCUT2D eigenvalue weighted by molar-refractivity contribution is 6.30. The minimum atomic E-state index is -0.562. The van der Waals surface area contributed by atoms with Crippen LogP contribution in [-0.4, -0.2) is 31.1 Å². The summed E-state index contributed by atoms with van der Waals surface area (Å²) >= 11 is 5.81. The first-order valence-corrected chi connectivity index (χ1v) is 10.6. The van der Waals surface area contributed by atoms with Crippen molar-refractivity contribution in [3.8, 4) is 5.75 Å². The number of nitrogens with one attached hydrogen (secondary N) is 1. The van der Waals surface area contributed by atoms with Gasteiger partial charge in [0, 0.05) is 11.1 Å². The van der Waals surface area contributed by atoms with E-state index in [0.29, 0.717) is 10.8 Å². The van der Waals surface area contributed by atoms with Gasteiger partial charge in [0.05, 0.1) is 0 Å². The number of ether oxygens (including phenoxy) is 2. The van der Waals surface area contributed by atoms with Crippen molar-refractivity contribution in [1.82, 2.24) is 5.32 Å². The molecule has 1 N–H and O–H groups in total. The summed E-state index contributed by atoms with van der Waals surface area (Å²) in [5.74, 6) is 2.26. The van der Waals surface area contributed by atoms with Crippen molar-refractivity contribution in [2.75, 3.05) is 13.2 Å². The van der Waals surface area contributed by atoms with Crippen molar-refractivity contribution in [3.05, 3.63) is 29.3 Å². The average Bonchev–Trinajstić information content (AvgIpc) is 2.65. The maximum atomic E-state index is 12.3. The number of benzene rings is 1. The van der Waals surface area contributed by atoms with Crippen LogP contribution in [0.15, 0.2) is 24.3 Å². The molecule has 5 rings (SSSR count). The Labute approximate surface area is 171 Å². The largest absolute Gasteiger partial charge is 0.482 e. The van der Waals surface area contributed by atoms with E-state index >= 15 is 0 Å². The molecule has 1 amide bonds. The lowest BCUT2D eigenvalue weighted by Gasteiger charge is -2.59. The number of carbonyl (C=O) groups excluding carboxylic acids is 2. The second-order valence-electron chi connectivity index (χ2n) is 8.97. The summed E-state index contributed by atoms with van der Waals surface area (Å²) in [6.45, 7) is 1.62. The normalized spacial score (nSPS) is 31.3. The molecule has 28 heavy (non-hydrogen) atoms. The zero-order valence-corrected chi connectivity index (χ0v) is 17.0. The summed E-state index contributed by atoms with van der Waals surface area (Å²) in [4.78, 5) is 24.2. The predicted molar refractivity (Wildman–Crippen MR) is 106 cm³/mol. The fourth-order valence-corrected chi connectivity index (χ4v) is 6.13. The molecule has 4 bridgehead atoms. The second-order valence-corrected chi connectivity index (χ2v) is 9.41. The van der Waals surface area contributed by atoms with Crippen LogP contribution in [0.4, 0.5) is 0 Å². The zero-order valence-electron chi connectivity index (χ0n) is 16.3. The van der Waals surface area contributed by atoms with Crippen LogP contribution in [0, 0.1) is 23.2 Å². The number of esters is 1. The van der Waals surface area contributed by atoms with E-state index in [1.54, 1.807) is 24.3 Å². The van der Waals surface area contributed by atoms with Gasteiger partial charge in [-0.25, -0.2) is 4.79 Å². The van der Waals surface area contributed by atoms with Crippen molar-refractivity contribution in [1.29, 1.82) is 0 Å². The molecule has 4 aliphatic carbocycles. The van der Waals surface area contributed by atoms with Gasteiger partial charge < -0.3 is 14.8 Å². The van der Waals surface area contributed by atoms with Crippen LogP contribution in [0.25, 0.3) is 0 Å². The number of rotatable bonds is 7. The molecule has 6 heteroatoms. The smallest absolute Gasteiger partial charge is 0.344 e. The molecule has 1 aromatic rings. The van der Waals surface area contributed by atoms with E-state index in [1.807, 2.05) is 0 Å². The predicted octanol–water partition coefficient (Wildman–Crippen LogP) is 3.98. The molecular formula is C22H28ClNO4. The van der Waals surface area contributed by atoms with Crippen LogP contribution >= 0.6 is 11.6 Å². The molecule has 0 radical (unpaired) electrons. The van der Waals surface area contributed by atoms with Crippen molar-refractivity contribution in [2.24, 2.45) is 23.2 Å². The van der Waals surface area contributed by atoms with E-state index < -0.39 is 5.97 Å². The summed E-state index contributed by atoms with van der Waals surface area (Å²) in [7, 11) is 0. The molecule has 5 nitrogen and oxygen atoms in total. The van der Waals surface area contributed by atoms with E-state index in [2.05, 4.69) is 12.2 Å². The number of hydrogen-bond donors (Lipinski definition) is 1. The minimum Gasteiger partial charge on any atom is -0.482 e. The number of amides is 1. The summed E-state index contributed by atoms with van der Waals surface area (Å²) in [5, 5.41) is 3.70. The van der Waals surface area contributed by atoms with Crippen molar-refractivity contribution in [2.45, 2.75) is 51.5 Å². The third kappa shape index (κ3) is 4.29. The van der Waals surface area contributed by atoms with Crippen molar-refractivity contribution < 1.29 is 19.1 Å². The van der Waals surface area contributed by atoms with Crippen molar-refractivity contribution in [3.63, 3.8) is 0 Å². The molecule has 4 saturated carbocycles. The fourth-order valence-electron chi connectivity index (χ4n) is 6.00. The lowest BCUT2D eigenvalue weighted by Crippen LogP contribution is -2.56. The van der Waals surface area contributed by atoms with Gasteiger partial charge in [0.2, 0.25) is 0 Å². The number of carbonyl (C=O) groups is 2. The summed E-state index contributed by atoms with van der Waals surface area (Å²) < 4.78 is 10.4. The van der Waals surface area contributed by atoms with E-state index in [9.17, 15) is 9.59 Å². The van der Waals surface area contributed by atoms with Gasteiger partial charge in [-0.3, -0.25) is 4.79 Å². The first-order chi connectivity index (χ1) is 13.4. The molecule has 1 atom stereocenters. The molecule has 4 fully saturated rings. The van der Waals surface area contributed by atoms with Gasteiger partial charge in [-0.15, -0.1) is 0 Å². The molecule has 0 aromatic heterocycles. The summed E-state index contributed by atoms with van der Waals surface area (Å²) in [5.41, 5.74) is 0.242. The molecule has 152 valence electrons. The van der Waals surface area contributed by atoms with E-state index in [1.165, 1.54) is 38.5 Å². The van der Waals surface area contributed by atoms with Gasteiger partial charge in [-0.05, 0) is 92.9 Å². The lowest BCUT2D eigenvalue weighted by molar-refractivity contribution is -0.151. The average molecular weight is 406 g/mol. The summed E-state index contributed by atoms with van der Waals surface area (Å²) in [6.07, 6.45) is 7.83. The third-order valence-corrected chi connectivity index (χ3v) is 7.17. The van der Waals surface area contributed by atoms with Gasteiger partial charge in [0.1, 0.15) is 5.75 Å².